The van der Waals surface area contributed by atoms with Crippen molar-refractivity contribution in [2.75, 3.05) is 34.9 Å². The molecule has 0 aliphatic heterocycles. The Hall–Kier alpha value is -1.38. The summed E-state index contributed by atoms with van der Waals surface area (Å²) in [5, 5.41) is 13.4. The highest BCUT2D eigenvalue weighted by Crippen LogP contribution is 2.37. The van der Waals surface area contributed by atoms with Gasteiger partial charge in [-0.2, -0.15) is 0 Å². The fourth-order valence-corrected chi connectivity index (χ4v) is 3.60. The summed E-state index contributed by atoms with van der Waals surface area (Å²) in [7, 11) is 6.96. The van der Waals surface area contributed by atoms with E-state index in [9.17, 15) is 5.11 Å². The molecule has 0 unspecified atom stereocenters. The van der Waals surface area contributed by atoms with Crippen molar-refractivity contribution in [2.45, 2.75) is 39.2 Å². The number of phenolic OH excluding ortho intramolecular Hbond substituents is 1. The number of ether oxygens (including phenoxy) is 2. The van der Waals surface area contributed by atoms with Crippen LogP contribution in [0.5, 0.6) is 17.2 Å². The predicted molar refractivity (Wildman–Crippen MR) is 121 cm³/mol. The van der Waals surface area contributed by atoms with Crippen LogP contribution in [-0.4, -0.2) is 50.8 Å². The van der Waals surface area contributed by atoms with E-state index in [2.05, 4.69) is 29.2 Å². The van der Waals surface area contributed by atoms with E-state index in [0.29, 0.717) is 18.0 Å². The van der Waals surface area contributed by atoms with E-state index in [0.717, 1.165) is 29.9 Å². The number of aromatic hydroxyl groups is 1. The summed E-state index contributed by atoms with van der Waals surface area (Å²) in [6.45, 7) is 3.95. The lowest BCUT2D eigenvalue weighted by Crippen LogP contribution is -2.41. The lowest BCUT2D eigenvalue weighted by molar-refractivity contribution is 0.250. The first-order chi connectivity index (χ1) is 12.5. The van der Waals surface area contributed by atoms with Gasteiger partial charge in [-0.3, -0.25) is 4.99 Å². The second kappa shape index (κ2) is 11.5. The van der Waals surface area contributed by atoms with E-state index >= 15 is 0 Å². The molecule has 0 bridgehead atoms. The monoisotopic (exact) mass is 491 g/mol. The van der Waals surface area contributed by atoms with E-state index in [1.807, 2.05) is 0 Å². The highest BCUT2D eigenvalue weighted by Gasteiger charge is 2.20. The van der Waals surface area contributed by atoms with E-state index < -0.39 is 0 Å². The zero-order valence-electron chi connectivity index (χ0n) is 17.1. The highest BCUT2D eigenvalue weighted by atomic mass is 127. The van der Waals surface area contributed by atoms with Crippen molar-refractivity contribution < 1.29 is 14.6 Å². The molecule has 2 N–H and O–H groups in total. The van der Waals surface area contributed by atoms with Gasteiger partial charge in [-0.1, -0.05) is 19.8 Å². The molecular formula is C20H34IN3O3. The van der Waals surface area contributed by atoms with E-state index in [-0.39, 0.29) is 29.7 Å². The number of rotatable bonds is 6. The lowest BCUT2D eigenvalue weighted by Gasteiger charge is -2.31. The van der Waals surface area contributed by atoms with Crippen LogP contribution in [0.15, 0.2) is 17.1 Å². The summed E-state index contributed by atoms with van der Waals surface area (Å²) in [6.07, 6.45) is 5.26. The van der Waals surface area contributed by atoms with Crippen LogP contribution in [0.3, 0.4) is 0 Å². The summed E-state index contributed by atoms with van der Waals surface area (Å²) in [6, 6.07) is 3.61. The number of aliphatic imine (C=N–C) groups is 1. The lowest BCUT2D eigenvalue weighted by atomic mass is 9.83. The molecule has 0 radical (unpaired) electrons. The maximum absolute atomic E-state index is 10.0. The molecule has 27 heavy (non-hydrogen) atoms. The summed E-state index contributed by atoms with van der Waals surface area (Å²) < 4.78 is 10.4. The molecule has 0 spiro atoms. The van der Waals surface area contributed by atoms with Crippen LogP contribution in [0.4, 0.5) is 0 Å². The van der Waals surface area contributed by atoms with Gasteiger partial charge in [0.05, 0.1) is 14.2 Å². The number of nitrogens with zero attached hydrogens (tertiary/aromatic N) is 2. The Labute approximate surface area is 180 Å². The quantitative estimate of drug-likeness (QED) is 0.360. The fourth-order valence-electron chi connectivity index (χ4n) is 3.60. The van der Waals surface area contributed by atoms with E-state index in [1.165, 1.54) is 39.9 Å². The Morgan fingerprint density at radius 3 is 2.22 bits per heavy atom. The average molecular weight is 491 g/mol. The molecule has 7 heteroatoms. The zero-order valence-corrected chi connectivity index (χ0v) is 19.4. The normalized spacial score (nSPS) is 19.8. The minimum atomic E-state index is 0. The highest BCUT2D eigenvalue weighted by molar-refractivity contribution is 14.0. The molecule has 6 nitrogen and oxygen atoms in total. The standard InChI is InChI=1S/C20H33N3O3.HI/c1-14-6-8-15(9-7-14)13-23(3)20(21-2)22-12-16-10-17(25-4)19(24)18(11-16)26-5;/h10-11,14-15,24H,6-9,12-13H2,1-5H3,(H,21,22);1H. The Morgan fingerprint density at radius 2 is 1.74 bits per heavy atom. The van der Waals surface area contributed by atoms with Crippen molar-refractivity contribution in [3.63, 3.8) is 0 Å². The molecule has 0 aromatic heterocycles. The van der Waals surface area contributed by atoms with Crippen molar-refractivity contribution >= 4 is 29.9 Å². The van der Waals surface area contributed by atoms with Gasteiger partial charge in [-0.15, -0.1) is 24.0 Å². The number of methoxy groups -OCH3 is 2. The van der Waals surface area contributed by atoms with Gasteiger partial charge >= 0.3 is 0 Å². The van der Waals surface area contributed by atoms with Crippen LogP contribution in [-0.2, 0) is 6.54 Å². The molecule has 0 heterocycles. The van der Waals surface area contributed by atoms with Crippen LogP contribution in [0.25, 0.3) is 0 Å². The van der Waals surface area contributed by atoms with Crippen LogP contribution in [0.2, 0.25) is 0 Å². The molecule has 0 atom stereocenters. The fraction of sp³-hybridized carbons (Fsp3) is 0.650. The van der Waals surface area contributed by atoms with E-state index in [1.54, 1.807) is 19.2 Å². The first kappa shape index (κ1) is 23.7. The largest absolute Gasteiger partial charge is 0.502 e. The minimum absolute atomic E-state index is 0. The maximum Gasteiger partial charge on any atom is 0.200 e. The molecule has 1 fully saturated rings. The summed E-state index contributed by atoms with van der Waals surface area (Å²) >= 11 is 0. The molecule has 154 valence electrons. The zero-order chi connectivity index (χ0) is 19.1. The third kappa shape index (κ3) is 6.62. The SMILES string of the molecule is CN=C(NCc1cc(OC)c(O)c(OC)c1)N(C)CC1CCC(C)CC1.I. The van der Waals surface area contributed by atoms with Gasteiger partial charge in [-0.05, 0) is 42.4 Å². The average Bonchev–Trinajstić information content (AvgIpc) is 2.65. The molecule has 1 aromatic rings. The summed E-state index contributed by atoms with van der Waals surface area (Å²) in [5.74, 6) is 3.31. The van der Waals surface area contributed by atoms with Crippen molar-refractivity contribution in [1.82, 2.24) is 10.2 Å². The number of guanidine groups is 1. The molecule has 1 aromatic carbocycles. The van der Waals surface area contributed by atoms with Crippen molar-refractivity contribution in [3.05, 3.63) is 17.7 Å². The van der Waals surface area contributed by atoms with Gasteiger partial charge in [0.25, 0.3) is 0 Å². The van der Waals surface area contributed by atoms with Crippen LogP contribution < -0.4 is 14.8 Å². The first-order valence-corrected chi connectivity index (χ1v) is 9.34. The minimum Gasteiger partial charge on any atom is -0.502 e. The number of benzene rings is 1. The summed E-state index contributed by atoms with van der Waals surface area (Å²) in [5.41, 5.74) is 0.956. The molecule has 0 saturated heterocycles. The maximum atomic E-state index is 10.0. The van der Waals surface area contributed by atoms with Crippen LogP contribution in [0, 0.1) is 11.8 Å². The number of phenols is 1. The van der Waals surface area contributed by atoms with Gasteiger partial charge in [-0.25, -0.2) is 0 Å². The van der Waals surface area contributed by atoms with Gasteiger partial charge in [0, 0.05) is 27.2 Å². The van der Waals surface area contributed by atoms with Gasteiger partial charge < -0.3 is 24.8 Å². The second-order valence-corrected chi connectivity index (χ2v) is 7.26. The Morgan fingerprint density at radius 1 is 1.19 bits per heavy atom. The summed E-state index contributed by atoms with van der Waals surface area (Å²) in [4.78, 5) is 6.61. The Kier molecular flexibility index (Phi) is 10.0. The molecule has 0 amide bonds. The first-order valence-electron chi connectivity index (χ1n) is 9.34. The Bertz CT molecular complexity index is 591. The smallest absolute Gasteiger partial charge is 0.200 e. The number of halogens is 1. The third-order valence-electron chi connectivity index (χ3n) is 5.23. The molecule has 1 saturated carbocycles. The molecule has 1 aliphatic carbocycles. The number of hydrogen-bond acceptors (Lipinski definition) is 4. The van der Waals surface area contributed by atoms with Crippen LogP contribution in [0.1, 0.15) is 38.2 Å². The van der Waals surface area contributed by atoms with Crippen LogP contribution >= 0.6 is 24.0 Å². The molecule has 1 aliphatic rings. The third-order valence-corrected chi connectivity index (χ3v) is 5.23. The predicted octanol–water partition coefficient (Wildman–Crippen LogP) is 3.86. The van der Waals surface area contributed by atoms with Crippen molar-refractivity contribution in [1.29, 1.82) is 0 Å². The van der Waals surface area contributed by atoms with Crippen molar-refractivity contribution in [2.24, 2.45) is 16.8 Å². The van der Waals surface area contributed by atoms with Gasteiger partial charge in [0.2, 0.25) is 5.75 Å². The Balaban J connectivity index is 0.00000364. The number of nitrogens with one attached hydrogen (secondary N) is 1. The topological polar surface area (TPSA) is 66.3 Å². The molecule has 2 rings (SSSR count). The van der Waals surface area contributed by atoms with Gasteiger partial charge in [0.1, 0.15) is 0 Å². The van der Waals surface area contributed by atoms with Crippen molar-refractivity contribution in [3.8, 4) is 17.2 Å². The second-order valence-electron chi connectivity index (χ2n) is 7.26. The van der Waals surface area contributed by atoms with E-state index in [4.69, 9.17) is 9.47 Å². The molecular weight excluding hydrogens is 457 g/mol. The van der Waals surface area contributed by atoms with Gasteiger partial charge in [0.15, 0.2) is 17.5 Å². The number of hydrogen-bond donors (Lipinski definition) is 2.